The number of amides is 1. The van der Waals surface area contributed by atoms with E-state index < -0.39 is 12.1 Å². The van der Waals surface area contributed by atoms with Gasteiger partial charge in [-0.1, -0.05) is 17.3 Å². The molecule has 0 radical (unpaired) electrons. The predicted molar refractivity (Wildman–Crippen MR) is 104 cm³/mol. The number of esters is 1. The normalized spacial score (nSPS) is 11.9. The molecule has 0 unspecified atom stereocenters. The molecular weight excluding hydrogens is 384 g/mol. The van der Waals surface area contributed by atoms with Crippen molar-refractivity contribution in [3.8, 4) is 0 Å². The number of carbonyl (C=O) groups is 2. The molecule has 0 saturated heterocycles. The molecule has 0 spiro atoms. The highest BCUT2D eigenvalue weighted by Crippen LogP contribution is 2.15. The zero-order chi connectivity index (χ0) is 20.1. The standard InChI is InChI=1S/C18H18N4O5S/c1-10-7-14(22-27-10)20-15(23)8-28-9-16(24)26-11(2)17-19-13-6-4-3-5-12(13)18(25)21-17/h3-7,11H,8-9H2,1-2H3,(H,19,21,25)(H,20,22,23)/t11-/m0/s1. The number of carbonyl (C=O) groups excluding carboxylic acids is 2. The third kappa shape index (κ3) is 4.97. The van der Waals surface area contributed by atoms with Crippen LogP contribution in [0, 0.1) is 6.92 Å². The number of H-pyrrole nitrogens is 1. The molecular formula is C18H18N4O5S. The number of anilines is 1. The molecule has 9 nitrogen and oxygen atoms in total. The van der Waals surface area contributed by atoms with Crippen LogP contribution in [-0.2, 0) is 14.3 Å². The second-order valence-electron chi connectivity index (χ2n) is 5.96. The average Bonchev–Trinajstić information content (AvgIpc) is 3.06. The van der Waals surface area contributed by atoms with Gasteiger partial charge < -0.3 is 19.6 Å². The Bertz CT molecular complexity index is 1060. The number of aromatic nitrogens is 3. The average molecular weight is 402 g/mol. The molecule has 2 aromatic heterocycles. The van der Waals surface area contributed by atoms with Gasteiger partial charge in [-0.15, -0.1) is 11.8 Å². The topological polar surface area (TPSA) is 127 Å². The molecule has 28 heavy (non-hydrogen) atoms. The number of aromatic amines is 1. The summed E-state index contributed by atoms with van der Waals surface area (Å²) in [6, 6.07) is 8.50. The molecule has 2 N–H and O–H groups in total. The minimum atomic E-state index is -0.725. The number of rotatable bonds is 7. The number of para-hydroxylation sites is 1. The fourth-order valence-corrected chi connectivity index (χ4v) is 3.01. The van der Waals surface area contributed by atoms with E-state index in [1.807, 2.05) is 0 Å². The van der Waals surface area contributed by atoms with Gasteiger partial charge in [-0.2, -0.15) is 0 Å². The lowest BCUT2D eigenvalue weighted by Gasteiger charge is -2.13. The van der Waals surface area contributed by atoms with Gasteiger partial charge in [0.05, 0.1) is 22.4 Å². The summed E-state index contributed by atoms with van der Waals surface area (Å²) >= 11 is 1.10. The van der Waals surface area contributed by atoms with Crippen molar-refractivity contribution in [3.05, 3.63) is 52.3 Å². The van der Waals surface area contributed by atoms with Crippen LogP contribution in [0.3, 0.4) is 0 Å². The summed E-state index contributed by atoms with van der Waals surface area (Å²) < 4.78 is 10.1. The van der Waals surface area contributed by atoms with Crippen LogP contribution in [-0.4, -0.2) is 38.5 Å². The third-order valence-corrected chi connectivity index (χ3v) is 4.58. The Morgan fingerprint density at radius 1 is 1.32 bits per heavy atom. The second-order valence-corrected chi connectivity index (χ2v) is 6.95. The van der Waals surface area contributed by atoms with Gasteiger partial charge in [0.1, 0.15) is 5.76 Å². The fourth-order valence-electron chi connectivity index (χ4n) is 2.42. The molecule has 146 valence electrons. The molecule has 1 aromatic carbocycles. The highest BCUT2D eigenvalue weighted by Gasteiger charge is 2.16. The third-order valence-electron chi connectivity index (χ3n) is 3.67. The van der Waals surface area contributed by atoms with Crippen LogP contribution < -0.4 is 10.9 Å². The van der Waals surface area contributed by atoms with Crippen molar-refractivity contribution >= 4 is 40.4 Å². The highest BCUT2D eigenvalue weighted by atomic mass is 32.2. The van der Waals surface area contributed by atoms with E-state index in [0.717, 1.165) is 11.8 Å². The summed E-state index contributed by atoms with van der Waals surface area (Å²) in [4.78, 5) is 42.8. The second kappa shape index (κ2) is 8.70. The number of ether oxygens (including phenoxy) is 1. The van der Waals surface area contributed by atoms with Crippen molar-refractivity contribution in [1.82, 2.24) is 15.1 Å². The molecule has 1 amide bonds. The van der Waals surface area contributed by atoms with Gasteiger partial charge in [-0.05, 0) is 26.0 Å². The maximum Gasteiger partial charge on any atom is 0.316 e. The maximum atomic E-state index is 12.1. The Labute approximate surface area is 163 Å². The fraction of sp³-hybridized carbons (Fsp3) is 0.278. The Morgan fingerprint density at radius 2 is 2.11 bits per heavy atom. The van der Waals surface area contributed by atoms with Crippen molar-refractivity contribution in [2.24, 2.45) is 0 Å². The zero-order valence-electron chi connectivity index (χ0n) is 15.2. The summed E-state index contributed by atoms with van der Waals surface area (Å²) in [5.41, 5.74) is 0.232. The highest BCUT2D eigenvalue weighted by molar-refractivity contribution is 8.00. The smallest absolute Gasteiger partial charge is 0.316 e. The minimum Gasteiger partial charge on any atom is -0.454 e. The molecule has 10 heteroatoms. The molecule has 0 bridgehead atoms. The van der Waals surface area contributed by atoms with Gasteiger partial charge in [0.15, 0.2) is 17.7 Å². The molecule has 0 aliphatic rings. The summed E-state index contributed by atoms with van der Waals surface area (Å²) in [6.07, 6.45) is -0.725. The van der Waals surface area contributed by atoms with Gasteiger partial charge in [-0.3, -0.25) is 14.4 Å². The zero-order valence-corrected chi connectivity index (χ0v) is 16.0. The van der Waals surface area contributed by atoms with Crippen molar-refractivity contribution in [3.63, 3.8) is 0 Å². The summed E-state index contributed by atoms with van der Waals surface area (Å²) in [5.74, 6) is 0.388. The minimum absolute atomic E-state index is 0.0204. The van der Waals surface area contributed by atoms with E-state index in [2.05, 4.69) is 20.4 Å². The number of fused-ring (bicyclic) bond motifs is 1. The Balaban J connectivity index is 1.49. The van der Waals surface area contributed by atoms with Gasteiger partial charge in [0.25, 0.3) is 5.56 Å². The number of benzene rings is 1. The Morgan fingerprint density at radius 3 is 2.86 bits per heavy atom. The van der Waals surface area contributed by atoms with E-state index in [1.165, 1.54) is 0 Å². The summed E-state index contributed by atoms with van der Waals surface area (Å²) in [5, 5.41) is 6.68. The largest absolute Gasteiger partial charge is 0.454 e. The molecule has 0 aliphatic heterocycles. The first-order chi connectivity index (χ1) is 13.4. The first-order valence-electron chi connectivity index (χ1n) is 8.41. The molecule has 0 aliphatic carbocycles. The van der Waals surface area contributed by atoms with Crippen molar-refractivity contribution in [2.75, 3.05) is 16.8 Å². The van der Waals surface area contributed by atoms with Crippen LogP contribution in [0.25, 0.3) is 10.9 Å². The summed E-state index contributed by atoms with van der Waals surface area (Å²) in [7, 11) is 0. The number of nitrogens with zero attached hydrogens (tertiary/aromatic N) is 2. The molecule has 1 atom stereocenters. The van der Waals surface area contributed by atoms with Crippen LogP contribution in [0.4, 0.5) is 5.82 Å². The lowest BCUT2D eigenvalue weighted by molar-refractivity contribution is -0.145. The predicted octanol–water partition coefficient (Wildman–Crippen LogP) is 2.20. The van der Waals surface area contributed by atoms with Crippen molar-refractivity contribution in [1.29, 1.82) is 0 Å². The van der Waals surface area contributed by atoms with E-state index in [1.54, 1.807) is 44.2 Å². The van der Waals surface area contributed by atoms with E-state index in [0.29, 0.717) is 22.5 Å². The number of aryl methyl sites for hydroxylation is 1. The van der Waals surface area contributed by atoms with E-state index in [4.69, 9.17) is 9.26 Å². The number of hydrogen-bond acceptors (Lipinski definition) is 8. The van der Waals surface area contributed by atoms with Crippen LogP contribution >= 0.6 is 11.8 Å². The van der Waals surface area contributed by atoms with E-state index in [9.17, 15) is 14.4 Å². The first-order valence-corrected chi connectivity index (χ1v) is 9.57. The first kappa shape index (κ1) is 19.6. The van der Waals surface area contributed by atoms with Gasteiger partial charge in [0.2, 0.25) is 5.91 Å². The monoisotopic (exact) mass is 402 g/mol. The lowest BCUT2D eigenvalue weighted by Crippen LogP contribution is -2.19. The van der Waals surface area contributed by atoms with Crippen molar-refractivity contribution in [2.45, 2.75) is 20.0 Å². The quantitative estimate of drug-likeness (QED) is 0.576. The van der Waals surface area contributed by atoms with E-state index in [-0.39, 0.29) is 28.8 Å². The Hall–Kier alpha value is -3.14. The number of nitrogens with one attached hydrogen (secondary N) is 2. The molecule has 0 saturated carbocycles. The maximum absolute atomic E-state index is 12.1. The SMILES string of the molecule is Cc1cc(NC(=O)CSCC(=O)O[C@@H](C)c2nc3ccccc3c(=O)[nH]2)no1. The molecule has 3 rings (SSSR count). The van der Waals surface area contributed by atoms with Gasteiger partial charge in [-0.25, -0.2) is 4.98 Å². The van der Waals surface area contributed by atoms with Gasteiger partial charge >= 0.3 is 5.97 Å². The van der Waals surface area contributed by atoms with Crippen LogP contribution in [0.1, 0.15) is 24.6 Å². The van der Waals surface area contributed by atoms with Crippen LogP contribution in [0.2, 0.25) is 0 Å². The Kier molecular flexibility index (Phi) is 6.09. The lowest BCUT2D eigenvalue weighted by atomic mass is 10.2. The van der Waals surface area contributed by atoms with Crippen LogP contribution in [0.15, 0.2) is 39.6 Å². The number of hydrogen-bond donors (Lipinski definition) is 2. The molecule has 2 heterocycles. The number of thioether (sulfide) groups is 1. The molecule has 0 fully saturated rings. The van der Waals surface area contributed by atoms with Crippen molar-refractivity contribution < 1.29 is 18.8 Å². The van der Waals surface area contributed by atoms with Gasteiger partial charge in [0, 0.05) is 6.07 Å². The van der Waals surface area contributed by atoms with E-state index >= 15 is 0 Å². The van der Waals surface area contributed by atoms with Crippen LogP contribution in [0.5, 0.6) is 0 Å². The summed E-state index contributed by atoms with van der Waals surface area (Å²) in [6.45, 7) is 3.33. The molecule has 3 aromatic rings.